The smallest absolute Gasteiger partial charge is 0.0458 e. The molecule has 1 N–H and O–H groups in total. The van der Waals surface area contributed by atoms with Gasteiger partial charge in [-0.15, -0.1) is 0 Å². The van der Waals surface area contributed by atoms with E-state index in [1.807, 2.05) is 18.2 Å². The number of hydrogen-bond acceptors (Lipinski definition) is 3. The second kappa shape index (κ2) is 5.65. The van der Waals surface area contributed by atoms with Gasteiger partial charge in [-0.25, -0.2) is 0 Å². The number of carbonyl (C=O) groups is 1. The molecule has 1 aromatic carbocycles. The Balaban J connectivity index is 2.63. The van der Waals surface area contributed by atoms with Gasteiger partial charge in [0.1, 0.15) is 0 Å². The fourth-order valence-corrected chi connectivity index (χ4v) is 1.35. The molecule has 0 atom stereocenters. The summed E-state index contributed by atoms with van der Waals surface area (Å²) >= 11 is 3.30. The molecule has 0 aliphatic carbocycles. The van der Waals surface area contributed by atoms with Crippen molar-refractivity contribution in [1.82, 2.24) is 0 Å². The van der Waals surface area contributed by atoms with Gasteiger partial charge in [-0.3, -0.25) is 0 Å². The summed E-state index contributed by atoms with van der Waals surface area (Å²) < 4.78 is 0. The van der Waals surface area contributed by atoms with Gasteiger partial charge in [-0.05, 0) is 17.7 Å². The maximum absolute atomic E-state index is 10.4. The van der Waals surface area contributed by atoms with Crippen molar-refractivity contribution < 1.29 is 9.90 Å². The van der Waals surface area contributed by atoms with Crippen LogP contribution in [0, 0.1) is 0 Å². The summed E-state index contributed by atoms with van der Waals surface area (Å²) in [6, 6.07) is 7.32. The molecule has 0 saturated carbocycles. The highest BCUT2D eigenvalue weighted by atomic mass is 79.9. The van der Waals surface area contributed by atoms with Gasteiger partial charge < -0.3 is 15.2 Å². The van der Waals surface area contributed by atoms with Gasteiger partial charge in [-0.2, -0.15) is 0 Å². The molecule has 4 heteroatoms. The highest BCUT2D eigenvalue weighted by molar-refractivity contribution is 9.09. The van der Waals surface area contributed by atoms with Crippen molar-refractivity contribution in [1.29, 1.82) is 0 Å². The van der Waals surface area contributed by atoms with E-state index < -0.39 is 5.97 Å². The van der Waals surface area contributed by atoms with E-state index in [0.29, 0.717) is 0 Å². The molecule has 1 rings (SSSR count). The second-order valence-electron chi connectivity index (χ2n) is 2.86. The molecule has 0 radical (unpaired) electrons. The molecule has 0 aliphatic rings. The zero-order chi connectivity index (χ0) is 10.4. The van der Waals surface area contributed by atoms with Crippen molar-refractivity contribution in [2.24, 2.45) is 0 Å². The quantitative estimate of drug-likeness (QED) is 0.793. The molecule has 0 saturated heterocycles. The lowest BCUT2D eigenvalue weighted by atomic mass is 10.1. The van der Waals surface area contributed by atoms with Gasteiger partial charge in [0.15, 0.2) is 0 Å². The van der Waals surface area contributed by atoms with Crippen LogP contribution in [0.3, 0.4) is 0 Å². The van der Waals surface area contributed by atoms with E-state index in [9.17, 15) is 9.90 Å². The number of carboxylic acids is 1. The van der Waals surface area contributed by atoms with Crippen molar-refractivity contribution in [3.8, 4) is 0 Å². The SMILES string of the molecule is O=C([O-])Cc1cccc(NCCBr)c1. The molecule has 0 aromatic heterocycles. The normalized spacial score (nSPS) is 9.79. The summed E-state index contributed by atoms with van der Waals surface area (Å²) in [7, 11) is 0. The Kier molecular flexibility index (Phi) is 4.46. The topological polar surface area (TPSA) is 52.2 Å². The average molecular weight is 257 g/mol. The first kappa shape index (κ1) is 11.0. The summed E-state index contributed by atoms with van der Waals surface area (Å²) in [5.41, 5.74) is 1.69. The van der Waals surface area contributed by atoms with Gasteiger partial charge in [0.25, 0.3) is 0 Å². The van der Waals surface area contributed by atoms with Crippen molar-refractivity contribution in [3.05, 3.63) is 29.8 Å². The average Bonchev–Trinajstić information content (AvgIpc) is 2.14. The summed E-state index contributed by atoms with van der Waals surface area (Å²) in [5, 5.41) is 14.4. The molecule has 0 fully saturated rings. The number of alkyl halides is 1. The molecule has 0 spiro atoms. The molecule has 0 bridgehead atoms. The van der Waals surface area contributed by atoms with Gasteiger partial charge in [-0.1, -0.05) is 28.1 Å². The van der Waals surface area contributed by atoms with Crippen molar-refractivity contribution in [2.45, 2.75) is 6.42 Å². The molecule has 76 valence electrons. The van der Waals surface area contributed by atoms with Crippen LogP contribution in [0.4, 0.5) is 5.69 Å². The minimum atomic E-state index is -1.05. The van der Waals surface area contributed by atoms with Crippen LogP contribution < -0.4 is 10.4 Å². The number of halogens is 1. The first-order valence-corrected chi connectivity index (χ1v) is 5.43. The fourth-order valence-electron chi connectivity index (χ4n) is 1.15. The summed E-state index contributed by atoms with van der Waals surface area (Å²) in [4.78, 5) is 10.4. The Morgan fingerprint density at radius 3 is 2.93 bits per heavy atom. The Hall–Kier alpha value is -1.03. The number of carbonyl (C=O) groups excluding carboxylic acids is 1. The van der Waals surface area contributed by atoms with Crippen molar-refractivity contribution >= 4 is 27.6 Å². The molecule has 3 nitrogen and oxygen atoms in total. The van der Waals surface area contributed by atoms with Crippen LogP contribution in [0.25, 0.3) is 0 Å². The lowest BCUT2D eigenvalue weighted by Gasteiger charge is -2.07. The predicted molar refractivity (Wildman–Crippen MR) is 57.4 cm³/mol. The maximum Gasteiger partial charge on any atom is 0.0458 e. The van der Waals surface area contributed by atoms with E-state index in [4.69, 9.17) is 0 Å². The van der Waals surface area contributed by atoms with Gasteiger partial charge in [0.05, 0.1) is 0 Å². The van der Waals surface area contributed by atoms with Crippen LogP contribution in [-0.2, 0) is 11.2 Å². The summed E-state index contributed by atoms with van der Waals surface area (Å²) in [5.74, 6) is -1.05. The van der Waals surface area contributed by atoms with Gasteiger partial charge >= 0.3 is 0 Å². The zero-order valence-corrected chi connectivity index (χ0v) is 9.21. The van der Waals surface area contributed by atoms with Crippen LogP contribution in [0.15, 0.2) is 24.3 Å². The van der Waals surface area contributed by atoms with Crippen LogP contribution in [0.1, 0.15) is 5.56 Å². The number of rotatable bonds is 5. The molecular formula is C10H11BrNO2-. The Bertz CT molecular complexity index is 315. The molecule has 0 heterocycles. The highest BCUT2D eigenvalue weighted by Gasteiger charge is 1.95. The van der Waals surface area contributed by atoms with E-state index in [-0.39, 0.29) is 6.42 Å². The van der Waals surface area contributed by atoms with E-state index in [2.05, 4.69) is 21.2 Å². The number of anilines is 1. The minimum Gasteiger partial charge on any atom is -0.550 e. The number of hydrogen-bond donors (Lipinski definition) is 1. The highest BCUT2D eigenvalue weighted by Crippen LogP contribution is 2.10. The van der Waals surface area contributed by atoms with Crippen LogP contribution >= 0.6 is 15.9 Å². The molecule has 0 aliphatic heterocycles. The van der Waals surface area contributed by atoms with E-state index in [1.54, 1.807) is 6.07 Å². The molecular weight excluding hydrogens is 246 g/mol. The Labute approximate surface area is 91.3 Å². The first-order valence-electron chi connectivity index (χ1n) is 4.31. The van der Waals surface area contributed by atoms with Crippen LogP contribution in [-0.4, -0.2) is 17.8 Å². The largest absolute Gasteiger partial charge is 0.550 e. The van der Waals surface area contributed by atoms with E-state index in [1.165, 1.54) is 0 Å². The van der Waals surface area contributed by atoms with Crippen LogP contribution in [0.5, 0.6) is 0 Å². The third kappa shape index (κ3) is 3.79. The predicted octanol–water partition coefficient (Wildman–Crippen LogP) is 0.786. The minimum absolute atomic E-state index is 0.0379. The molecule has 14 heavy (non-hydrogen) atoms. The zero-order valence-electron chi connectivity index (χ0n) is 7.63. The maximum atomic E-state index is 10.4. The van der Waals surface area contributed by atoms with E-state index in [0.717, 1.165) is 23.1 Å². The van der Waals surface area contributed by atoms with Gasteiger partial charge in [0, 0.05) is 30.0 Å². The number of benzene rings is 1. The van der Waals surface area contributed by atoms with Crippen molar-refractivity contribution in [3.63, 3.8) is 0 Å². The molecule has 0 amide bonds. The van der Waals surface area contributed by atoms with Crippen molar-refractivity contribution in [2.75, 3.05) is 17.2 Å². The van der Waals surface area contributed by atoms with Gasteiger partial charge in [0.2, 0.25) is 0 Å². The van der Waals surface area contributed by atoms with Crippen LogP contribution in [0.2, 0.25) is 0 Å². The lowest BCUT2D eigenvalue weighted by Crippen LogP contribution is -2.24. The number of carboxylic acid groups (broad SMARTS) is 1. The van der Waals surface area contributed by atoms with E-state index >= 15 is 0 Å². The summed E-state index contributed by atoms with van der Waals surface area (Å²) in [6.07, 6.45) is -0.0379. The molecule has 0 unspecified atom stereocenters. The molecule has 1 aromatic rings. The lowest BCUT2D eigenvalue weighted by molar-refractivity contribution is -0.304. The second-order valence-corrected chi connectivity index (χ2v) is 3.66. The Morgan fingerprint density at radius 2 is 2.29 bits per heavy atom. The fraction of sp³-hybridized carbons (Fsp3) is 0.300. The third-order valence-electron chi connectivity index (χ3n) is 1.70. The Morgan fingerprint density at radius 1 is 1.50 bits per heavy atom. The number of nitrogens with one attached hydrogen (secondary N) is 1. The third-order valence-corrected chi connectivity index (χ3v) is 2.10. The standard InChI is InChI=1S/C10H12BrNO2/c11-4-5-12-9-3-1-2-8(6-9)7-10(13)14/h1-3,6,12H,4-5,7H2,(H,13,14)/p-1. The number of aliphatic carboxylic acids is 1. The first-order chi connectivity index (χ1) is 6.72. The monoisotopic (exact) mass is 256 g/mol. The summed E-state index contributed by atoms with van der Waals surface area (Å²) in [6.45, 7) is 0.814.